The number of esters is 1. The molecule has 0 radical (unpaired) electrons. The Labute approximate surface area is 108 Å². The Morgan fingerprint density at radius 3 is 2.50 bits per heavy atom. The fraction of sp³-hybridized carbons (Fsp3) is 0.700. The molecular weight excluding hydrogens is 264 g/mol. The molecule has 1 rings (SSSR count). The predicted octanol–water partition coefficient (Wildman–Crippen LogP) is 2.39. The van der Waals surface area contributed by atoms with Crippen molar-refractivity contribution >= 4 is 17.7 Å². The lowest BCUT2D eigenvalue weighted by molar-refractivity contribution is -0.150. The predicted molar refractivity (Wildman–Crippen MR) is 62.2 cm³/mol. The van der Waals surface area contributed by atoms with Crippen LogP contribution in [0, 0.1) is 5.41 Å². The number of rotatable bonds is 4. The van der Waals surface area contributed by atoms with E-state index in [1.807, 2.05) is 0 Å². The molecule has 8 heteroatoms. The van der Waals surface area contributed by atoms with Crippen molar-refractivity contribution in [3.63, 3.8) is 0 Å². The molecule has 0 aliphatic rings. The van der Waals surface area contributed by atoms with Crippen LogP contribution in [0.2, 0.25) is 0 Å². The van der Waals surface area contributed by atoms with E-state index in [2.05, 4.69) is 10.2 Å². The minimum absolute atomic E-state index is 0.0192. The lowest BCUT2D eigenvalue weighted by Gasteiger charge is -2.15. The first-order chi connectivity index (χ1) is 8.23. The number of nitrogens with zero attached hydrogens (tertiary/aromatic N) is 3. The standard InChI is InChI=1S/C10H15F2N3O2S/c1-10(2,3)8(16)17-5-18-9-14-13-7(6(11)12)15(9)4/h6H,5H2,1-4H3. The molecule has 0 spiro atoms. The van der Waals surface area contributed by atoms with Crippen LogP contribution in [0.5, 0.6) is 0 Å². The normalized spacial score (nSPS) is 11.9. The first-order valence-corrected chi connectivity index (χ1v) is 6.19. The number of ether oxygens (including phenoxy) is 1. The summed E-state index contributed by atoms with van der Waals surface area (Å²) in [5.41, 5.74) is -0.589. The topological polar surface area (TPSA) is 57.0 Å². The Morgan fingerprint density at radius 1 is 1.44 bits per heavy atom. The van der Waals surface area contributed by atoms with E-state index in [4.69, 9.17) is 4.74 Å². The maximum atomic E-state index is 12.4. The summed E-state index contributed by atoms with van der Waals surface area (Å²) in [4.78, 5) is 11.5. The SMILES string of the molecule is Cn1c(SCOC(=O)C(C)(C)C)nnc1C(F)F. The highest BCUT2D eigenvalue weighted by molar-refractivity contribution is 7.99. The van der Waals surface area contributed by atoms with Gasteiger partial charge in [0.25, 0.3) is 6.43 Å². The Morgan fingerprint density at radius 2 is 2.06 bits per heavy atom. The third-order valence-corrected chi connectivity index (χ3v) is 2.90. The number of thioether (sulfide) groups is 1. The van der Waals surface area contributed by atoms with Gasteiger partial charge in [0.1, 0.15) is 5.94 Å². The summed E-state index contributed by atoms with van der Waals surface area (Å²) < 4.78 is 31.0. The molecule has 0 fully saturated rings. The zero-order valence-corrected chi connectivity index (χ0v) is 11.4. The van der Waals surface area contributed by atoms with E-state index in [-0.39, 0.29) is 17.1 Å². The van der Waals surface area contributed by atoms with Crippen LogP contribution in [0.3, 0.4) is 0 Å². The van der Waals surface area contributed by atoms with E-state index in [0.29, 0.717) is 0 Å². The molecule has 0 amide bonds. The van der Waals surface area contributed by atoms with Gasteiger partial charge in [0.15, 0.2) is 5.16 Å². The zero-order valence-electron chi connectivity index (χ0n) is 10.6. The van der Waals surface area contributed by atoms with Crippen LogP contribution in [0.1, 0.15) is 33.0 Å². The van der Waals surface area contributed by atoms with Gasteiger partial charge in [0, 0.05) is 7.05 Å². The maximum Gasteiger partial charge on any atom is 0.312 e. The first-order valence-electron chi connectivity index (χ1n) is 5.21. The van der Waals surface area contributed by atoms with Crippen molar-refractivity contribution in [1.29, 1.82) is 0 Å². The Hall–Kier alpha value is -1.18. The lowest BCUT2D eigenvalue weighted by atomic mass is 9.98. The van der Waals surface area contributed by atoms with Crippen LogP contribution in [0.4, 0.5) is 8.78 Å². The fourth-order valence-electron chi connectivity index (χ4n) is 0.994. The molecule has 0 unspecified atom stereocenters. The lowest BCUT2D eigenvalue weighted by Crippen LogP contribution is -2.22. The van der Waals surface area contributed by atoms with E-state index in [1.54, 1.807) is 20.8 Å². The van der Waals surface area contributed by atoms with Crippen molar-refractivity contribution in [2.45, 2.75) is 32.4 Å². The molecule has 1 aromatic heterocycles. The van der Waals surface area contributed by atoms with Gasteiger partial charge in [0.2, 0.25) is 5.82 Å². The van der Waals surface area contributed by atoms with Crippen molar-refractivity contribution in [3.8, 4) is 0 Å². The van der Waals surface area contributed by atoms with Gasteiger partial charge >= 0.3 is 5.97 Å². The third-order valence-electron chi connectivity index (χ3n) is 2.05. The fourth-order valence-corrected chi connectivity index (χ4v) is 1.65. The summed E-state index contributed by atoms with van der Waals surface area (Å²) in [5, 5.41) is 7.25. The molecule has 0 aliphatic heterocycles. The van der Waals surface area contributed by atoms with E-state index in [0.717, 1.165) is 11.8 Å². The molecule has 0 N–H and O–H groups in total. The summed E-state index contributed by atoms with van der Waals surface area (Å²) in [5.74, 6) is -0.739. The van der Waals surface area contributed by atoms with E-state index in [9.17, 15) is 13.6 Å². The summed E-state index contributed by atoms with van der Waals surface area (Å²) in [7, 11) is 1.44. The van der Waals surface area contributed by atoms with E-state index >= 15 is 0 Å². The Balaban J connectivity index is 2.53. The molecule has 0 bridgehead atoms. The van der Waals surface area contributed by atoms with Crippen LogP contribution < -0.4 is 0 Å². The molecule has 0 saturated heterocycles. The number of alkyl halides is 2. The number of aromatic nitrogens is 3. The number of halogens is 2. The Kier molecular flexibility index (Phi) is 4.66. The summed E-state index contributed by atoms with van der Waals surface area (Å²) in [6.07, 6.45) is -2.67. The number of hydrogen-bond acceptors (Lipinski definition) is 5. The van der Waals surface area contributed by atoms with Gasteiger partial charge in [-0.3, -0.25) is 4.79 Å². The van der Waals surface area contributed by atoms with Gasteiger partial charge in [-0.05, 0) is 32.5 Å². The highest BCUT2D eigenvalue weighted by Gasteiger charge is 2.23. The van der Waals surface area contributed by atoms with E-state index in [1.165, 1.54) is 11.6 Å². The minimum Gasteiger partial charge on any atom is -0.454 e. The van der Waals surface area contributed by atoms with Gasteiger partial charge < -0.3 is 9.30 Å². The second-order valence-corrected chi connectivity index (χ2v) is 5.53. The smallest absolute Gasteiger partial charge is 0.312 e. The van der Waals surface area contributed by atoms with Crippen molar-refractivity contribution in [3.05, 3.63) is 5.82 Å². The van der Waals surface area contributed by atoms with Crippen molar-refractivity contribution in [1.82, 2.24) is 14.8 Å². The first kappa shape index (κ1) is 14.9. The number of carbonyl (C=O) groups excluding carboxylic acids is 1. The van der Waals surface area contributed by atoms with Gasteiger partial charge in [-0.2, -0.15) is 0 Å². The molecular formula is C10H15F2N3O2S. The van der Waals surface area contributed by atoms with Crippen LogP contribution >= 0.6 is 11.8 Å². The quantitative estimate of drug-likeness (QED) is 0.481. The Bertz CT molecular complexity index is 429. The highest BCUT2D eigenvalue weighted by Crippen LogP contribution is 2.23. The highest BCUT2D eigenvalue weighted by atomic mass is 32.2. The van der Waals surface area contributed by atoms with Crippen LogP contribution in [-0.4, -0.2) is 26.7 Å². The molecule has 5 nitrogen and oxygen atoms in total. The molecule has 0 saturated carbocycles. The molecule has 0 aromatic carbocycles. The monoisotopic (exact) mass is 279 g/mol. The van der Waals surface area contributed by atoms with Gasteiger partial charge in [-0.15, -0.1) is 10.2 Å². The number of hydrogen-bond donors (Lipinski definition) is 0. The van der Waals surface area contributed by atoms with Crippen molar-refractivity contribution in [2.75, 3.05) is 5.94 Å². The van der Waals surface area contributed by atoms with Gasteiger partial charge in [-0.1, -0.05) is 0 Å². The maximum absolute atomic E-state index is 12.4. The van der Waals surface area contributed by atoms with Crippen LogP contribution in [0.15, 0.2) is 5.16 Å². The second-order valence-electron chi connectivity index (χ2n) is 4.64. The zero-order chi connectivity index (χ0) is 13.9. The van der Waals surface area contributed by atoms with Crippen LogP contribution in [-0.2, 0) is 16.6 Å². The third kappa shape index (κ3) is 3.66. The largest absolute Gasteiger partial charge is 0.454 e. The summed E-state index contributed by atoms with van der Waals surface area (Å²) >= 11 is 1.04. The van der Waals surface area contributed by atoms with Crippen molar-refractivity contribution < 1.29 is 18.3 Å². The molecule has 0 aliphatic carbocycles. The average Bonchev–Trinajstić information content (AvgIpc) is 2.59. The molecule has 18 heavy (non-hydrogen) atoms. The van der Waals surface area contributed by atoms with Crippen LogP contribution in [0.25, 0.3) is 0 Å². The average molecular weight is 279 g/mol. The summed E-state index contributed by atoms with van der Waals surface area (Å²) in [6.45, 7) is 5.20. The van der Waals surface area contributed by atoms with Gasteiger partial charge in [0.05, 0.1) is 5.41 Å². The van der Waals surface area contributed by atoms with Gasteiger partial charge in [-0.25, -0.2) is 8.78 Å². The molecule has 1 aromatic rings. The second kappa shape index (κ2) is 5.64. The number of carbonyl (C=O) groups is 1. The van der Waals surface area contributed by atoms with E-state index < -0.39 is 17.7 Å². The molecule has 102 valence electrons. The molecule has 0 atom stereocenters. The molecule has 1 heterocycles. The minimum atomic E-state index is -2.67. The van der Waals surface area contributed by atoms with Crippen molar-refractivity contribution in [2.24, 2.45) is 12.5 Å². The summed E-state index contributed by atoms with van der Waals surface area (Å²) in [6, 6.07) is 0.